The molecule has 0 aromatic heterocycles. The van der Waals surface area contributed by atoms with E-state index < -0.39 is 0 Å². The molecule has 1 heterocycles. The number of ether oxygens (including phenoxy) is 1. The minimum absolute atomic E-state index is 0.222. The van der Waals surface area contributed by atoms with Crippen LogP contribution >= 0.6 is 15.9 Å². The van der Waals surface area contributed by atoms with Gasteiger partial charge in [0, 0.05) is 28.8 Å². The molecule has 22 heavy (non-hydrogen) atoms. The first-order valence-corrected chi connectivity index (χ1v) is 8.55. The molecule has 0 unspecified atom stereocenters. The number of carbonyl (C=O) groups excluding carboxylic acids is 1. The van der Waals surface area contributed by atoms with Crippen molar-refractivity contribution in [2.24, 2.45) is 5.92 Å². The maximum atomic E-state index is 11.9. The zero-order chi connectivity index (χ0) is 16.3. The van der Waals surface area contributed by atoms with Crippen molar-refractivity contribution in [3.05, 3.63) is 33.3 Å². The Morgan fingerprint density at radius 3 is 2.77 bits per heavy atom. The van der Waals surface area contributed by atoms with Crippen LogP contribution < -0.4 is 4.90 Å². The van der Waals surface area contributed by atoms with E-state index >= 15 is 0 Å². The maximum absolute atomic E-state index is 11.9. The molecule has 0 atom stereocenters. The minimum atomic E-state index is -0.222. The Labute approximate surface area is 141 Å². The summed E-state index contributed by atoms with van der Waals surface area (Å²) in [7, 11) is 1.44. The molecule has 1 aromatic carbocycles. The zero-order valence-electron chi connectivity index (χ0n) is 13.8. The molecule has 0 saturated heterocycles. The zero-order valence-corrected chi connectivity index (χ0v) is 15.4. The predicted molar refractivity (Wildman–Crippen MR) is 95.2 cm³/mol. The number of nitrogens with zero attached hydrogens (tertiary/aromatic N) is 1. The number of hydrogen-bond acceptors (Lipinski definition) is 3. The van der Waals surface area contributed by atoms with Crippen LogP contribution in [0.25, 0.3) is 6.08 Å². The van der Waals surface area contributed by atoms with Crippen molar-refractivity contribution < 1.29 is 9.53 Å². The Hall–Kier alpha value is -1.29. The van der Waals surface area contributed by atoms with E-state index in [1.807, 2.05) is 6.08 Å². The molecule has 0 fully saturated rings. The lowest BCUT2D eigenvalue weighted by Crippen LogP contribution is -2.30. The predicted octanol–water partition coefficient (Wildman–Crippen LogP) is 4.57. The molecule has 0 saturated carbocycles. The number of anilines is 1. The molecule has 120 valence electrons. The third kappa shape index (κ3) is 3.92. The van der Waals surface area contributed by atoms with Crippen LogP contribution in [-0.2, 0) is 9.53 Å². The van der Waals surface area contributed by atoms with Gasteiger partial charge in [0.15, 0.2) is 0 Å². The van der Waals surface area contributed by atoms with Crippen molar-refractivity contribution in [2.45, 2.75) is 33.6 Å². The molecule has 0 spiro atoms. The number of halogens is 1. The first-order valence-electron chi connectivity index (χ1n) is 7.76. The molecule has 0 amide bonds. The summed E-state index contributed by atoms with van der Waals surface area (Å²) in [5.41, 5.74) is 4.25. The van der Waals surface area contributed by atoms with Crippen LogP contribution in [0.2, 0.25) is 0 Å². The highest BCUT2D eigenvalue weighted by Crippen LogP contribution is 2.33. The standard InChI is InChI=1S/C18H24BrNO2/c1-12(2)11-20-7-5-6-14(18(21)22-4)9-15-10-16(19)13(3)8-17(15)20/h8-10,12H,5-7,11H2,1-4H3. The SMILES string of the molecule is COC(=O)C1=Cc2cc(Br)c(C)cc2N(CC(C)C)CCC1. The number of esters is 1. The van der Waals surface area contributed by atoms with Crippen molar-refractivity contribution in [2.75, 3.05) is 25.1 Å². The van der Waals surface area contributed by atoms with Crippen LogP contribution in [0, 0.1) is 12.8 Å². The highest BCUT2D eigenvalue weighted by Gasteiger charge is 2.19. The summed E-state index contributed by atoms with van der Waals surface area (Å²) in [5.74, 6) is 0.375. The van der Waals surface area contributed by atoms with Gasteiger partial charge in [0.25, 0.3) is 0 Å². The number of methoxy groups -OCH3 is 1. The average Bonchev–Trinajstić information content (AvgIpc) is 2.45. The number of rotatable bonds is 3. The van der Waals surface area contributed by atoms with Crippen molar-refractivity contribution in [3.63, 3.8) is 0 Å². The van der Waals surface area contributed by atoms with Gasteiger partial charge in [0.05, 0.1) is 7.11 Å². The quantitative estimate of drug-likeness (QED) is 0.734. The van der Waals surface area contributed by atoms with Crippen molar-refractivity contribution in [3.8, 4) is 0 Å². The topological polar surface area (TPSA) is 29.5 Å². The molecule has 3 nitrogen and oxygen atoms in total. The summed E-state index contributed by atoms with van der Waals surface area (Å²) >= 11 is 3.60. The molecular weight excluding hydrogens is 342 g/mol. The van der Waals surface area contributed by atoms with Gasteiger partial charge < -0.3 is 9.64 Å². The number of carbonyl (C=O) groups is 1. The fourth-order valence-electron chi connectivity index (χ4n) is 2.83. The number of fused-ring (bicyclic) bond motifs is 1. The average molecular weight is 366 g/mol. The van der Waals surface area contributed by atoms with Crippen molar-refractivity contribution in [1.29, 1.82) is 0 Å². The van der Waals surface area contributed by atoms with E-state index in [0.717, 1.165) is 41.5 Å². The second-order valence-corrected chi connectivity index (χ2v) is 7.12. The van der Waals surface area contributed by atoms with Crippen LogP contribution in [0.4, 0.5) is 5.69 Å². The van der Waals surface area contributed by atoms with Gasteiger partial charge in [-0.05, 0) is 55.0 Å². The Morgan fingerprint density at radius 1 is 1.41 bits per heavy atom. The molecule has 0 bridgehead atoms. The lowest BCUT2D eigenvalue weighted by atomic mass is 9.99. The minimum Gasteiger partial charge on any atom is -0.466 e. The lowest BCUT2D eigenvalue weighted by molar-refractivity contribution is -0.136. The molecule has 1 aliphatic rings. The summed E-state index contributed by atoms with van der Waals surface area (Å²) in [6.07, 6.45) is 3.70. The third-order valence-corrected chi connectivity index (χ3v) is 4.74. The first-order chi connectivity index (χ1) is 10.4. The highest BCUT2D eigenvalue weighted by molar-refractivity contribution is 9.10. The largest absolute Gasteiger partial charge is 0.466 e. The van der Waals surface area contributed by atoms with Gasteiger partial charge in [-0.2, -0.15) is 0 Å². The third-order valence-electron chi connectivity index (χ3n) is 3.89. The van der Waals surface area contributed by atoms with Crippen molar-refractivity contribution in [1.82, 2.24) is 0 Å². The highest BCUT2D eigenvalue weighted by atomic mass is 79.9. The van der Waals surface area contributed by atoms with Gasteiger partial charge >= 0.3 is 5.97 Å². The van der Waals surface area contributed by atoms with Gasteiger partial charge in [-0.1, -0.05) is 29.8 Å². The first kappa shape index (κ1) is 17.1. The molecule has 1 aromatic rings. The van der Waals surface area contributed by atoms with E-state index in [2.05, 4.69) is 53.7 Å². The molecule has 2 rings (SSSR count). The molecule has 1 aliphatic heterocycles. The lowest BCUT2D eigenvalue weighted by Gasteiger charge is -2.30. The van der Waals surface area contributed by atoms with Gasteiger partial charge in [-0.15, -0.1) is 0 Å². The normalized spacial score (nSPS) is 15.0. The molecular formula is C18H24BrNO2. The van der Waals surface area contributed by atoms with E-state index in [4.69, 9.17) is 4.74 Å². The Balaban J connectivity index is 2.52. The summed E-state index contributed by atoms with van der Waals surface area (Å²) < 4.78 is 5.98. The second-order valence-electron chi connectivity index (χ2n) is 6.26. The van der Waals surface area contributed by atoms with Crippen LogP contribution in [0.1, 0.15) is 37.8 Å². The Morgan fingerprint density at radius 2 is 2.14 bits per heavy atom. The van der Waals surface area contributed by atoms with Crippen LogP contribution in [0.15, 0.2) is 22.2 Å². The number of aryl methyl sites for hydroxylation is 1. The summed E-state index contributed by atoms with van der Waals surface area (Å²) in [5, 5.41) is 0. The van der Waals surface area contributed by atoms with Crippen LogP contribution in [0.5, 0.6) is 0 Å². The number of hydrogen-bond donors (Lipinski definition) is 0. The van der Waals surface area contributed by atoms with E-state index in [1.54, 1.807) is 0 Å². The van der Waals surface area contributed by atoms with Gasteiger partial charge in [-0.3, -0.25) is 0 Å². The monoisotopic (exact) mass is 365 g/mol. The summed E-state index contributed by atoms with van der Waals surface area (Å²) in [4.78, 5) is 14.4. The van der Waals surface area contributed by atoms with Gasteiger partial charge in [0.2, 0.25) is 0 Å². The van der Waals surface area contributed by atoms with Gasteiger partial charge in [0.1, 0.15) is 0 Å². The molecule has 0 N–H and O–H groups in total. The van der Waals surface area contributed by atoms with E-state index in [1.165, 1.54) is 18.4 Å². The van der Waals surface area contributed by atoms with E-state index in [0.29, 0.717) is 5.92 Å². The second kappa shape index (κ2) is 7.32. The summed E-state index contributed by atoms with van der Waals surface area (Å²) in [6.45, 7) is 8.55. The smallest absolute Gasteiger partial charge is 0.333 e. The summed E-state index contributed by atoms with van der Waals surface area (Å²) in [6, 6.07) is 4.31. The van der Waals surface area contributed by atoms with Gasteiger partial charge in [-0.25, -0.2) is 4.79 Å². The fraction of sp³-hybridized carbons (Fsp3) is 0.500. The molecule has 0 aliphatic carbocycles. The number of benzene rings is 1. The van der Waals surface area contributed by atoms with E-state index in [9.17, 15) is 4.79 Å². The molecule has 4 heteroatoms. The molecule has 0 radical (unpaired) electrons. The van der Waals surface area contributed by atoms with Crippen molar-refractivity contribution >= 4 is 33.7 Å². The Bertz CT molecular complexity index is 593. The van der Waals surface area contributed by atoms with E-state index in [-0.39, 0.29) is 5.97 Å². The maximum Gasteiger partial charge on any atom is 0.333 e. The Kier molecular flexibility index (Phi) is 5.68. The fourth-order valence-corrected chi connectivity index (χ4v) is 3.20. The van der Waals surface area contributed by atoms with Crippen LogP contribution in [-0.4, -0.2) is 26.2 Å². The van der Waals surface area contributed by atoms with Crippen LogP contribution in [0.3, 0.4) is 0 Å².